The van der Waals surface area contributed by atoms with E-state index in [9.17, 15) is 19.2 Å². The molecule has 0 aliphatic heterocycles. The molecule has 3 aliphatic carbocycles. The van der Waals surface area contributed by atoms with E-state index < -0.39 is 35.1 Å². The normalized spacial score (nSPS) is 24.8. The third-order valence-corrected chi connectivity index (χ3v) is 10.2. The second kappa shape index (κ2) is 12.7. The molecular formula is C34H40N6O4. The van der Waals surface area contributed by atoms with Gasteiger partial charge in [-0.1, -0.05) is 18.2 Å². The van der Waals surface area contributed by atoms with E-state index in [4.69, 9.17) is 5.41 Å². The molecule has 0 saturated heterocycles. The summed E-state index contributed by atoms with van der Waals surface area (Å²) in [5.41, 5.74) is 2.22. The molecule has 10 heteroatoms. The van der Waals surface area contributed by atoms with Crippen molar-refractivity contribution in [2.24, 2.45) is 23.2 Å². The van der Waals surface area contributed by atoms with Crippen molar-refractivity contribution in [3.8, 4) is 0 Å². The molecule has 10 nitrogen and oxygen atoms in total. The molecule has 0 spiro atoms. The molecule has 3 fully saturated rings. The molecule has 2 heterocycles. The molecule has 6 rings (SSSR count). The highest BCUT2D eigenvalue weighted by Gasteiger charge is 2.55. The Labute approximate surface area is 256 Å². The van der Waals surface area contributed by atoms with E-state index in [1.165, 1.54) is 12.8 Å². The Bertz CT molecular complexity index is 1550. The fraction of sp³-hybridized carbons (Fsp3) is 0.471. The number of benzene rings is 1. The van der Waals surface area contributed by atoms with Crippen LogP contribution in [0.4, 0.5) is 0 Å². The number of nitrogens with zero attached hydrogens (tertiary/aromatic N) is 1. The van der Waals surface area contributed by atoms with Crippen molar-refractivity contribution in [3.63, 3.8) is 0 Å². The van der Waals surface area contributed by atoms with E-state index in [0.717, 1.165) is 59.8 Å². The summed E-state index contributed by atoms with van der Waals surface area (Å²) in [6.07, 6.45) is 12.2. The number of pyridine rings is 1. The van der Waals surface area contributed by atoms with Gasteiger partial charge in [0.05, 0.1) is 6.21 Å². The molecule has 230 valence electrons. The zero-order chi connectivity index (χ0) is 30.7. The molecule has 3 aliphatic rings. The lowest BCUT2D eigenvalue weighted by atomic mass is 9.61. The van der Waals surface area contributed by atoms with Gasteiger partial charge in [-0.05, 0) is 92.0 Å². The fourth-order valence-electron chi connectivity index (χ4n) is 7.96. The zero-order valence-corrected chi connectivity index (χ0v) is 24.8. The molecule has 3 amide bonds. The molecule has 1 aromatic carbocycles. The number of fused-ring (bicyclic) bond motifs is 3. The van der Waals surface area contributed by atoms with Crippen LogP contribution < -0.4 is 16.0 Å². The monoisotopic (exact) mass is 596 g/mol. The number of amides is 3. The fourth-order valence-corrected chi connectivity index (χ4v) is 7.96. The van der Waals surface area contributed by atoms with Gasteiger partial charge in [-0.15, -0.1) is 0 Å². The number of ketones is 1. The number of aromatic nitrogens is 2. The maximum atomic E-state index is 14.1. The van der Waals surface area contributed by atoms with E-state index in [0.29, 0.717) is 11.8 Å². The number of carbonyl (C=O) groups excluding carboxylic acids is 4. The van der Waals surface area contributed by atoms with Crippen molar-refractivity contribution < 1.29 is 19.2 Å². The Morgan fingerprint density at radius 3 is 2.61 bits per heavy atom. The second-order valence-corrected chi connectivity index (χ2v) is 13.0. The van der Waals surface area contributed by atoms with Crippen LogP contribution in [0.2, 0.25) is 0 Å². The number of rotatable bonds is 13. The largest absolute Gasteiger partial charge is 0.361 e. The quantitative estimate of drug-likeness (QED) is 0.191. The molecule has 0 radical (unpaired) electrons. The van der Waals surface area contributed by atoms with Crippen molar-refractivity contribution in [2.45, 2.75) is 76.4 Å². The Balaban J connectivity index is 1.22. The maximum Gasteiger partial charge on any atom is 0.243 e. The number of hydrogen-bond acceptors (Lipinski definition) is 6. The van der Waals surface area contributed by atoms with E-state index in [-0.39, 0.29) is 31.7 Å². The molecular weight excluding hydrogens is 556 g/mol. The molecule has 3 aromatic rings. The minimum absolute atomic E-state index is 0.0323. The van der Waals surface area contributed by atoms with Crippen molar-refractivity contribution in [1.29, 1.82) is 5.41 Å². The summed E-state index contributed by atoms with van der Waals surface area (Å²) in [7, 11) is 0. The van der Waals surface area contributed by atoms with Crippen LogP contribution in [0.15, 0.2) is 55.0 Å². The highest BCUT2D eigenvalue weighted by molar-refractivity contribution is 6.26. The molecule has 44 heavy (non-hydrogen) atoms. The summed E-state index contributed by atoms with van der Waals surface area (Å²) in [5.74, 6) is 0.483. The maximum absolute atomic E-state index is 14.1. The van der Waals surface area contributed by atoms with Crippen LogP contribution in [0, 0.1) is 28.6 Å². The first-order valence-corrected chi connectivity index (χ1v) is 15.7. The van der Waals surface area contributed by atoms with Crippen molar-refractivity contribution >= 4 is 40.6 Å². The number of carbonyl (C=O) groups is 4. The first kappa shape index (κ1) is 29.7. The molecule has 6 atom stereocenters. The van der Waals surface area contributed by atoms with Gasteiger partial charge in [-0.3, -0.25) is 24.2 Å². The topological polar surface area (TPSA) is 157 Å². The van der Waals surface area contributed by atoms with Gasteiger partial charge in [-0.2, -0.15) is 0 Å². The first-order valence-electron chi connectivity index (χ1n) is 15.7. The van der Waals surface area contributed by atoms with Crippen molar-refractivity contribution in [2.75, 3.05) is 0 Å². The van der Waals surface area contributed by atoms with Crippen LogP contribution in [0.1, 0.15) is 62.5 Å². The third-order valence-electron chi connectivity index (χ3n) is 10.2. The van der Waals surface area contributed by atoms with Crippen LogP contribution in [0.5, 0.6) is 0 Å². The Kier molecular flexibility index (Phi) is 8.59. The van der Waals surface area contributed by atoms with Crippen molar-refractivity contribution in [1.82, 2.24) is 25.9 Å². The van der Waals surface area contributed by atoms with Crippen LogP contribution in [0.3, 0.4) is 0 Å². The lowest BCUT2D eigenvalue weighted by molar-refractivity contribution is -0.140. The highest BCUT2D eigenvalue weighted by Crippen LogP contribution is 2.60. The number of H-pyrrole nitrogens is 1. The average molecular weight is 597 g/mol. The van der Waals surface area contributed by atoms with Gasteiger partial charge >= 0.3 is 0 Å². The van der Waals surface area contributed by atoms with Gasteiger partial charge in [0.1, 0.15) is 12.1 Å². The van der Waals surface area contributed by atoms with E-state index in [1.807, 2.05) is 30.5 Å². The summed E-state index contributed by atoms with van der Waals surface area (Å²) < 4.78 is 0. The minimum Gasteiger partial charge on any atom is -0.361 e. The third kappa shape index (κ3) is 6.30. The van der Waals surface area contributed by atoms with Crippen LogP contribution in [-0.2, 0) is 32.1 Å². The highest BCUT2D eigenvalue weighted by atomic mass is 16.2. The Hall–Kier alpha value is -4.34. The van der Waals surface area contributed by atoms with Gasteiger partial charge < -0.3 is 26.3 Å². The predicted octanol–water partition coefficient (Wildman–Crippen LogP) is 3.61. The van der Waals surface area contributed by atoms with Gasteiger partial charge in [-0.25, -0.2) is 0 Å². The zero-order valence-electron chi connectivity index (χ0n) is 24.8. The number of para-hydroxylation sites is 1. The average Bonchev–Trinajstić information content (AvgIpc) is 3.54. The first-order chi connectivity index (χ1) is 21.3. The van der Waals surface area contributed by atoms with E-state index in [1.54, 1.807) is 24.5 Å². The van der Waals surface area contributed by atoms with Crippen LogP contribution in [0.25, 0.3) is 10.9 Å². The van der Waals surface area contributed by atoms with Gasteiger partial charge in [0, 0.05) is 54.3 Å². The van der Waals surface area contributed by atoms with Gasteiger partial charge in [0.15, 0.2) is 5.78 Å². The second-order valence-electron chi connectivity index (χ2n) is 13.0. The molecule has 3 bridgehead atoms. The summed E-state index contributed by atoms with van der Waals surface area (Å²) in [4.78, 5) is 60.6. The summed E-state index contributed by atoms with van der Waals surface area (Å²) >= 11 is 0. The smallest absolute Gasteiger partial charge is 0.243 e. The van der Waals surface area contributed by atoms with Crippen LogP contribution >= 0.6 is 0 Å². The van der Waals surface area contributed by atoms with Gasteiger partial charge in [0.25, 0.3) is 0 Å². The number of hydrogen-bond donors (Lipinski definition) is 5. The summed E-state index contributed by atoms with van der Waals surface area (Å²) in [6, 6.07) is 9.45. The van der Waals surface area contributed by atoms with E-state index >= 15 is 0 Å². The minimum atomic E-state index is -1.02. The number of nitrogens with one attached hydrogen (secondary N) is 5. The van der Waals surface area contributed by atoms with Crippen molar-refractivity contribution in [3.05, 3.63) is 66.1 Å². The lowest BCUT2D eigenvalue weighted by Crippen LogP contribution is -2.57. The standard InChI is InChI=1S/C34H40N6O4/c35-18-26(41)5-6-29(31(42)38-19-21-8-11-36-12-9-21)39-32(43)30(15-25-20-37-28-4-2-1-3-27(25)28)40-33(44)34-10-7-23-13-22(16-34)14-24(23)17-34/h1-4,8-9,11-12,18,20,22-24,29-30,35,37H,5-7,10,13-17,19H2,(H,38,42)(H,39,43)(H,40,44)/t22?,23?,24?,29-,30-,34?/m0/s1. The number of Topliss-reactive ketones (excluding diaryl/α,β-unsaturated/α-hetero) is 1. The molecule has 4 unspecified atom stereocenters. The van der Waals surface area contributed by atoms with Crippen LogP contribution in [-0.4, -0.2) is 51.8 Å². The number of aromatic amines is 1. The molecule has 5 N–H and O–H groups in total. The van der Waals surface area contributed by atoms with E-state index in [2.05, 4.69) is 25.9 Å². The predicted molar refractivity (Wildman–Crippen MR) is 166 cm³/mol. The molecule has 3 saturated carbocycles. The molecule has 2 aromatic heterocycles. The lowest BCUT2D eigenvalue weighted by Gasteiger charge is -2.44. The van der Waals surface area contributed by atoms with Gasteiger partial charge in [0.2, 0.25) is 17.7 Å². The Morgan fingerprint density at radius 2 is 1.80 bits per heavy atom. The SMILES string of the molecule is N=CC(=O)CC[C@H](NC(=O)[C@H](Cc1c[nH]c2ccccc12)NC(=O)C12CCC3CC(CC3C1)C2)C(=O)NCc1ccncc1. The summed E-state index contributed by atoms with van der Waals surface area (Å²) in [5, 5.41) is 17.1. The summed E-state index contributed by atoms with van der Waals surface area (Å²) in [6.45, 7) is 0.230. The Morgan fingerprint density at radius 1 is 1.00 bits per heavy atom.